The minimum Gasteiger partial charge on any atom is -0.493 e. The molecule has 0 aliphatic heterocycles. The lowest BCUT2D eigenvalue weighted by Crippen LogP contribution is -2.17. The van der Waals surface area contributed by atoms with Crippen molar-refractivity contribution in [2.24, 2.45) is 5.10 Å². The van der Waals surface area contributed by atoms with Crippen LogP contribution >= 0.6 is 22.6 Å². The van der Waals surface area contributed by atoms with Gasteiger partial charge in [-0.15, -0.1) is 0 Å². The van der Waals surface area contributed by atoms with Gasteiger partial charge in [-0.1, -0.05) is 0 Å². The van der Waals surface area contributed by atoms with Crippen LogP contribution in [0.25, 0.3) is 0 Å². The third-order valence-corrected chi connectivity index (χ3v) is 3.89. The van der Waals surface area contributed by atoms with Crippen LogP contribution in [0, 0.1) is 9.39 Å². The van der Waals surface area contributed by atoms with E-state index in [1.54, 1.807) is 13.2 Å². The van der Waals surface area contributed by atoms with Crippen molar-refractivity contribution in [3.05, 3.63) is 56.9 Å². The molecule has 0 unspecified atom stereocenters. The second kappa shape index (κ2) is 8.80. The summed E-state index contributed by atoms with van der Waals surface area (Å²) in [6, 6.07) is 8.87. The maximum atomic E-state index is 12.9. The molecule has 0 atom stereocenters. The van der Waals surface area contributed by atoms with Crippen molar-refractivity contribution in [1.29, 1.82) is 0 Å². The lowest BCUT2D eigenvalue weighted by Gasteiger charge is -2.15. The maximum Gasteiger partial charge on any atom is 0.271 e. The normalized spacial score (nSPS) is 11.0. The summed E-state index contributed by atoms with van der Waals surface area (Å²) in [4.78, 5) is 11.9. The highest BCUT2D eigenvalue weighted by Crippen LogP contribution is 2.34. The molecule has 0 radical (unpaired) electrons. The van der Waals surface area contributed by atoms with Crippen LogP contribution in [0.5, 0.6) is 11.5 Å². The average molecular weight is 456 g/mol. The average Bonchev–Trinajstić information content (AvgIpc) is 2.57. The van der Waals surface area contributed by atoms with E-state index in [1.165, 1.54) is 30.5 Å². The first-order valence-corrected chi connectivity index (χ1v) is 8.61. The second-order valence-corrected chi connectivity index (χ2v) is 6.57. The summed E-state index contributed by atoms with van der Waals surface area (Å²) in [7, 11) is 1.57. The second-order valence-electron chi connectivity index (χ2n) is 5.41. The fourth-order valence-corrected chi connectivity index (χ4v) is 2.75. The molecule has 0 bridgehead atoms. The number of hydrazone groups is 1. The summed E-state index contributed by atoms with van der Waals surface area (Å²) >= 11 is 2.16. The van der Waals surface area contributed by atoms with E-state index in [9.17, 15) is 9.18 Å². The van der Waals surface area contributed by atoms with Gasteiger partial charge in [-0.2, -0.15) is 5.10 Å². The SMILES string of the molecule is COc1cc(/C=N\NC(=O)c2ccc(F)cc2)cc(I)c1OC(C)C. The molecule has 7 heteroatoms. The van der Waals surface area contributed by atoms with Gasteiger partial charge in [0.2, 0.25) is 0 Å². The molecule has 25 heavy (non-hydrogen) atoms. The summed E-state index contributed by atoms with van der Waals surface area (Å²) in [6.45, 7) is 3.88. The fourth-order valence-electron chi connectivity index (χ4n) is 2.00. The largest absolute Gasteiger partial charge is 0.493 e. The highest BCUT2D eigenvalue weighted by molar-refractivity contribution is 14.1. The summed E-state index contributed by atoms with van der Waals surface area (Å²) in [5, 5.41) is 3.93. The van der Waals surface area contributed by atoms with Crippen LogP contribution in [-0.4, -0.2) is 25.3 Å². The number of nitrogens with zero attached hydrogens (tertiary/aromatic N) is 1. The summed E-state index contributed by atoms with van der Waals surface area (Å²) in [5.41, 5.74) is 3.48. The third-order valence-electron chi connectivity index (χ3n) is 3.09. The summed E-state index contributed by atoms with van der Waals surface area (Å²) in [6.07, 6.45) is 1.53. The predicted octanol–water partition coefficient (Wildman–Crippen LogP) is 3.99. The third kappa shape index (κ3) is 5.42. The van der Waals surface area contributed by atoms with Gasteiger partial charge in [0.05, 0.1) is 23.0 Å². The Hall–Kier alpha value is -2.16. The van der Waals surface area contributed by atoms with E-state index < -0.39 is 11.7 Å². The molecule has 2 aromatic carbocycles. The number of carbonyl (C=O) groups excluding carboxylic acids is 1. The molecule has 5 nitrogen and oxygen atoms in total. The minimum absolute atomic E-state index is 0.0249. The van der Waals surface area contributed by atoms with Gasteiger partial charge in [0, 0.05) is 5.56 Å². The van der Waals surface area contributed by atoms with E-state index in [2.05, 4.69) is 33.1 Å². The molecule has 0 aliphatic carbocycles. The Morgan fingerprint density at radius 3 is 2.56 bits per heavy atom. The number of rotatable bonds is 6. The zero-order valence-electron chi connectivity index (χ0n) is 14.0. The number of hydrogen-bond donors (Lipinski definition) is 1. The quantitative estimate of drug-likeness (QED) is 0.407. The first-order chi connectivity index (χ1) is 11.9. The number of ether oxygens (including phenoxy) is 2. The molecule has 1 N–H and O–H groups in total. The summed E-state index contributed by atoms with van der Waals surface area (Å²) < 4.78 is 24.8. The summed E-state index contributed by atoms with van der Waals surface area (Å²) in [5.74, 6) is 0.445. The van der Waals surface area contributed by atoms with E-state index in [1.807, 2.05) is 19.9 Å². The first kappa shape index (κ1) is 19.2. The molecule has 0 aliphatic rings. The Balaban J connectivity index is 2.11. The van der Waals surface area contributed by atoms with Crippen molar-refractivity contribution in [2.75, 3.05) is 7.11 Å². The molecular weight excluding hydrogens is 438 g/mol. The molecule has 0 aromatic heterocycles. The standard InChI is InChI=1S/C18H18FIN2O3/c1-11(2)25-17-15(20)8-12(9-16(17)24-3)10-21-22-18(23)13-4-6-14(19)7-5-13/h4-11H,1-3H3,(H,22,23)/b21-10-. The lowest BCUT2D eigenvalue weighted by atomic mass is 10.2. The van der Waals surface area contributed by atoms with Gasteiger partial charge in [-0.3, -0.25) is 4.79 Å². The van der Waals surface area contributed by atoms with E-state index in [4.69, 9.17) is 9.47 Å². The maximum absolute atomic E-state index is 12.9. The van der Waals surface area contributed by atoms with Crippen molar-refractivity contribution in [3.63, 3.8) is 0 Å². The van der Waals surface area contributed by atoms with Crippen molar-refractivity contribution >= 4 is 34.7 Å². The van der Waals surface area contributed by atoms with Gasteiger partial charge in [0.25, 0.3) is 5.91 Å². The van der Waals surface area contributed by atoms with Gasteiger partial charge in [-0.25, -0.2) is 9.82 Å². The number of benzene rings is 2. The Morgan fingerprint density at radius 1 is 1.28 bits per heavy atom. The van der Waals surface area contributed by atoms with Crippen LogP contribution in [0.15, 0.2) is 41.5 Å². The Labute approximate surface area is 159 Å². The van der Waals surface area contributed by atoms with Crippen LogP contribution in [0.3, 0.4) is 0 Å². The number of hydrogen-bond acceptors (Lipinski definition) is 4. The van der Waals surface area contributed by atoms with Gasteiger partial charge < -0.3 is 9.47 Å². The zero-order chi connectivity index (χ0) is 18.4. The van der Waals surface area contributed by atoms with Crippen LogP contribution in [0.4, 0.5) is 4.39 Å². The van der Waals surface area contributed by atoms with Gasteiger partial charge in [0.15, 0.2) is 11.5 Å². The number of halogens is 2. The van der Waals surface area contributed by atoms with E-state index >= 15 is 0 Å². The number of nitrogens with one attached hydrogen (secondary N) is 1. The van der Waals surface area contributed by atoms with E-state index in [-0.39, 0.29) is 6.10 Å². The van der Waals surface area contributed by atoms with Crippen molar-refractivity contribution in [1.82, 2.24) is 5.43 Å². The zero-order valence-corrected chi connectivity index (χ0v) is 16.2. The monoisotopic (exact) mass is 456 g/mol. The topological polar surface area (TPSA) is 59.9 Å². The smallest absolute Gasteiger partial charge is 0.271 e. The van der Waals surface area contributed by atoms with Gasteiger partial charge >= 0.3 is 0 Å². The molecule has 2 rings (SSSR count). The lowest BCUT2D eigenvalue weighted by molar-refractivity contribution is 0.0955. The van der Waals surface area contributed by atoms with Crippen LogP contribution in [0.2, 0.25) is 0 Å². The Kier molecular flexibility index (Phi) is 6.74. The molecule has 0 spiro atoms. The fraction of sp³-hybridized carbons (Fsp3) is 0.222. The Bertz CT molecular complexity index is 777. The van der Waals surface area contributed by atoms with Gasteiger partial charge in [-0.05, 0) is 78.4 Å². The number of methoxy groups -OCH3 is 1. The van der Waals surface area contributed by atoms with Crippen molar-refractivity contribution in [2.45, 2.75) is 20.0 Å². The molecule has 0 saturated heterocycles. The van der Waals surface area contributed by atoms with E-state index in [0.717, 1.165) is 9.13 Å². The van der Waals surface area contributed by atoms with Gasteiger partial charge in [0.1, 0.15) is 5.82 Å². The van der Waals surface area contributed by atoms with Crippen molar-refractivity contribution in [3.8, 4) is 11.5 Å². The molecule has 132 valence electrons. The molecule has 0 fully saturated rings. The first-order valence-electron chi connectivity index (χ1n) is 7.54. The predicted molar refractivity (Wildman–Crippen MR) is 103 cm³/mol. The van der Waals surface area contributed by atoms with Crippen LogP contribution < -0.4 is 14.9 Å². The molecule has 1 amide bonds. The molecular formula is C18H18FIN2O3. The van der Waals surface area contributed by atoms with Crippen LogP contribution in [-0.2, 0) is 0 Å². The highest BCUT2D eigenvalue weighted by atomic mass is 127. The number of amides is 1. The van der Waals surface area contributed by atoms with Crippen LogP contribution in [0.1, 0.15) is 29.8 Å². The van der Waals surface area contributed by atoms with Crippen molar-refractivity contribution < 1.29 is 18.7 Å². The highest BCUT2D eigenvalue weighted by Gasteiger charge is 2.12. The number of carbonyl (C=O) groups is 1. The Morgan fingerprint density at radius 2 is 1.96 bits per heavy atom. The van der Waals surface area contributed by atoms with E-state index in [0.29, 0.717) is 17.1 Å². The molecule has 0 heterocycles. The minimum atomic E-state index is -0.419. The molecule has 0 saturated carbocycles. The molecule has 2 aromatic rings.